The van der Waals surface area contributed by atoms with Gasteiger partial charge in [0.15, 0.2) is 5.11 Å². The molecule has 1 saturated heterocycles. The average molecular weight is 251 g/mol. The first-order valence-electron chi connectivity index (χ1n) is 5.01. The van der Waals surface area contributed by atoms with Gasteiger partial charge in [-0.25, -0.2) is 0 Å². The molecule has 0 saturated carbocycles. The zero-order chi connectivity index (χ0) is 11.8. The summed E-state index contributed by atoms with van der Waals surface area (Å²) in [5, 5.41) is 2.77. The Balaban J connectivity index is 0.00000225. The molecule has 0 bridgehead atoms. The smallest absolute Gasteiger partial charge is 0.302 e. The van der Waals surface area contributed by atoms with Gasteiger partial charge in [0.05, 0.1) is 0 Å². The maximum absolute atomic E-state index is 12.1. The van der Waals surface area contributed by atoms with Gasteiger partial charge in [0.25, 0.3) is 0 Å². The fourth-order valence-electron chi connectivity index (χ4n) is 2.01. The van der Waals surface area contributed by atoms with E-state index in [1.807, 2.05) is 20.8 Å². The predicted octanol–water partition coefficient (Wildman–Crippen LogP) is -2.08. The number of hydrogen-bond acceptors (Lipinski definition) is 3. The molecular formula is C10H16N2NaO2S+. The molecule has 1 aliphatic rings. The van der Waals surface area contributed by atoms with Crippen molar-refractivity contribution in [1.29, 1.82) is 0 Å². The fourth-order valence-corrected chi connectivity index (χ4v) is 2.19. The van der Waals surface area contributed by atoms with Gasteiger partial charge in [-0.1, -0.05) is 20.8 Å². The van der Waals surface area contributed by atoms with Gasteiger partial charge in [-0.15, -0.1) is 0 Å². The summed E-state index contributed by atoms with van der Waals surface area (Å²) >= 11 is 4.89. The van der Waals surface area contributed by atoms with Crippen molar-refractivity contribution in [2.75, 3.05) is 7.05 Å². The molecule has 16 heavy (non-hydrogen) atoms. The van der Waals surface area contributed by atoms with Crippen LogP contribution in [0, 0.1) is 11.3 Å². The second-order valence-corrected chi connectivity index (χ2v) is 4.49. The number of nitrogens with zero attached hydrogens (tertiary/aromatic N) is 1. The quantitative estimate of drug-likeness (QED) is 0.348. The van der Waals surface area contributed by atoms with Crippen LogP contribution in [0.15, 0.2) is 0 Å². The summed E-state index contributed by atoms with van der Waals surface area (Å²) in [4.78, 5) is 25.4. The summed E-state index contributed by atoms with van der Waals surface area (Å²) in [5.74, 6) is -0.512. The van der Waals surface area contributed by atoms with Gasteiger partial charge >= 0.3 is 29.6 Å². The topological polar surface area (TPSA) is 49.4 Å². The monoisotopic (exact) mass is 251 g/mol. The van der Waals surface area contributed by atoms with E-state index in [-0.39, 0.29) is 52.4 Å². The van der Waals surface area contributed by atoms with Gasteiger partial charge in [-0.05, 0) is 24.6 Å². The molecule has 1 unspecified atom stereocenters. The van der Waals surface area contributed by atoms with Crippen LogP contribution in [0.5, 0.6) is 0 Å². The van der Waals surface area contributed by atoms with Crippen molar-refractivity contribution in [1.82, 2.24) is 10.2 Å². The summed E-state index contributed by atoms with van der Waals surface area (Å²) in [6, 6.07) is 0. The molecule has 1 atom stereocenters. The minimum Gasteiger partial charge on any atom is -0.302 e. The van der Waals surface area contributed by atoms with Crippen LogP contribution in [0.1, 0.15) is 27.2 Å². The van der Waals surface area contributed by atoms with Gasteiger partial charge in [-0.2, -0.15) is 0 Å². The molecule has 1 aliphatic heterocycles. The first-order valence-corrected chi connectivity index (χ1v) is 5.42. The van der Waals surface area contributed by atoms with Crippen molar-refractivity contribution < 1.29 is 39.1 Å². The SMILES string of the molecule is CCC1(C(C)C)C(=O)NC(=S)N(C)C1=O.[Na+]. The summed E-state index contributed by atoms with van der Waals surface area (Å²) in [6.45, 7) is 5.60. The molecule has 0 aliphatic carbocycles. The summed E-state index contributed by atoms with van der Waals surface area (Å²) in [5.41, 5.74) is -0.961. The van der Waals surface area contributed by atoms with Gasteiger partial charge in [-0.3, -0.25) is 14.5 Å². The van der Waals surface area contributed by atoms with Crippen LogP contribution in [0.4, 0.5) is 0 Å². The zero-order valence-corrected chi connectivity index (χ0v) is 13.3. The Bertz CT molecular complexity index is 333. The first kappa shape index (κ1) is 16.0. The summed E-state index contributed by atoms with van der Waals surface area (Å²) < 4.78 is 0. The van der Waals surface area contributed by atoms with Crippen molar-refractivity contribution in [3.05, 3.63) is 0 Å². The van der Waals surface area contributed by atoms with Crippen LogP contribution in [-0.2, 0) is 9.59 Å². The van der Waals surface area contributed by atoms with Crippen LogP contribution >= 0.6 is 12.2 Å². The van der Waals surface area contributed by atoms with E-state index in [0.717, 1.165) is 0 Å². The number of nitrogens with one attached hydrogen (secondary N) is 1. The Kier molecular flexibility index (Phi) is 5.59. The van der Waals surface area contributed by atoms with Crippen LogP contribution in [-0.4, -0.2) is 28.9 Å². The van der Waals surface area contributed by atoms with Crippen LogP contribution < -0.4 is 34.9 Å². The van der Waals surface area contributed by atoms with Crippen LogP contribution in [0.2, 0.25) is 0 Å². The van der Waals surface area contributed by atoms with Gasteiger partial charge in [0.1, 0.15) is 5.41 Å². The van der Waals surface area contributed by atoms with Crippen molar-refractivity contribution in [2.24, 2.45) is 11.3 Å². The largest absolute Gasteiger partial charge is 1.00 e. The minimum atomic E-state index is -0.961. The first-order chi connectivity index (χ1) is 6.87. The number of carbonyl (C=O) groups excluding carboxylic acids is 2. The van der Waals surface area contributed by atoms with E-state index in [4.69, 9.17) is 12.2 Å². The van der Waals surface area contributed by atoms with Crippen LogP contribution in [0.3, 0.4) is 0 Å². The van der Waals surface area contributed by atoms with E-state index in [2.05, 4.69) is 5.32 Å². The standard InChI is InChI=1S/C10H16N2O2S.Na/c1-5-10(6(2)3)7(13)11-9(15)12(4)8(10)14;/h6H,5H2,1-4H3,(H,11,13,15);/q;+1. The number of amides is 2. The number of thiocarbonyl (C=S) groups is 1. The molecule has 0 spiro atoms. The third kappa shape index (κ3) is 2.18. The van der Waals surface area contributed by atoms with Gasteiger partial charge < -0.3 is 5.32 Å². The fraction of sp³-hybridized carbons (Fsp3) is 0.700. The Morgan fingerprint density at radius 2 is 1.94 bits per heavy atom. The molecule has 1 rings (SSSR count). The van der Waals surface area contributed by atoms with E-state index in [1.54, 1.807) is 7.05 Å². The molecule has 1 heterocycles. The third-order valence-electron chi connectivity index (χ3n) is 3.16. The Labute approximate surface area is 123 Å². The molecular weight excluding hydrogens is 235 g/mol. The molecule has 0 radical (unpaired) electrons. The van der Waals surface area contributed by atoms with Crippen molar-refractivity contribution in [2.45, 2.75) is 27.2 Å². The average Bonchev–Trinajstić information content (AvgIpc) is 2.15. The molecule has 1 N–H and O–H groups in total. The minimum absolute atomic E-state index is 0. The summed E-state index contributed by atoms with van der Waals surface area (Å²) in [6.07, 6.45) is 0.488. The molecule has 4 nitrogen and oxygen atoms in total. The molecule has 2 amide bonds. The Morgan fingerprint density at radius 1 is 1.44 bits per heavy atom. The van der Waals surface area contributed by atoms with Gasteiger partial charge in [0, 0.05) is 7.05 Å². The Morgan fingerprint density at radius 3 is 2.31 bits per heavy atom. The predicted molar refractivity (Wildman–Crippen MR) is 61.1 cm³/mol. The maximum atomic E-state index is 12.1. The Hall–Kier alpha value is 0.0300. The van der Waals surface area contributed by atoms with E-state index in [9.17, 15) is 9.59 Å². The van der Waals surface area contributed by atoms with Crippen molar-refractivity contribution >= 4 is 29.1 Å². The molecule has 0 aromatic rings. The second kappa shape index (κ2) is 5.58. The third-order valence-corrected chi connectivity index (χ3v) is 3.54. The zero-order valence-electron chi connectivity index (χ0n) is 10.5. The van der Waals surface area contributed by atoms with E-state index in [0.29, 0.717) is 6.42 Å². The molecule has 1 fully saturated rings. The molecule has 0 aromatic carbocycles. The second-order valence-electron chi connectivity index (χ2n) is 4.10. The maximum Gasteiger partial charge on any atom is 1.00 e. The van der Waals surface area contributed by atoms with Gasteiger partial charge in [0.2, 0.25) is 11.8 Å². The molecule has 84 valence electrons. The van der Waals surface area contributed by atoms with E-state index < -0.39 is 5.41 Å². The van der Waals surface area contributed by atoms with E-state index in [1.165, 1.54) is 4.90 Å². The summed E-state index contributed by atoms with van der Waals surface area (Å²) in [7, 11) is 1.59. The van der Waals surface area contributed by atoms with Crippen molar-refractivity contribution in [3.8, 4) is 0 Å². The number of hydrogen-bond donors (Lipinski definition) is 1. The normalized spacial score (nSPS) is 25.6. The number of rotatable bonds is 2. The molecule has 6 heteroatoms. The van der Waals surface area contributed by atoms with Crippen molar-refractivity contribution in [3.63, 3.8) is 0 Å². The molecule has 0 aromatic heterocycles. The van der Waals surface area contributed by atoms with E-state index >= 15 is 0 Å². The number of carbonyl (C=O) groups is 2. The van der Waals surface area contributed by atoms with Crippen LogP contribution in [0.25, 0.3) is 0 Å².